The van der Waals surface area contributed by atoms with Crippen LogP contribution in [0.2, 0.25) is 0 Å². The SMILES string of the molecule is CC(C)c1c(CN)cccc1CN. The van der Waals surface area contributed by atoms with E-state index in [9.17, 15) is 0 Å². The highest BCUT2D eigenvalue weighted by molar-refractivity contribution is 5.37. The van der Waals surface area contributed by atoms with E-state index in [1.807, 2.05) is 6.07 Å². The number of hydrogen-bond donors (Lipinski definition) is 2. The molecule has 0 heterocycles. The molecule has 13 heavy (non-hydrogen) atoms. The van der Waals surface area contributed by atoms with E-state index in [4.69, 9.17) is 11.5 Å². The summed E-state index contributed by atoms with van der Waals surface area (Å²) in [6, 6.07) is 6.18. The van der Waals surface area contributed by atoms with Gasteiger partial charge in [-0.15, -0.1) is 0 Å². The first-order valence-corrected chi connectivity index (χ1v) is 4.71. The van der Waals surface area contributed by atoms with Gasteiger partial charge in [0, 0.05) is 13.1 Å². The second-order valence-electron chi connectivity index (χ2n) is 3.55. The number of benzene rings is 1. The fourth-order valence-electron chi connectivity index (χ4n) is 1.76. The van der Waals surface area contributed by atoms with E-state index >= 15 is 0 Å². The minimum Gasteiger partial charge on any atom is -0.326 e. The highest BCUT2D eigenvalue weighted by Gasteiger charge is 2.09. The third-order valence-electron chi connectivity index (χ3n) is 2.30. The van der Waals surface area contributed by atoms with E-state index in [2.05, 4.69) is 26.0 Å². The summed E-state index contributed by atoms with van der Waals surface area (Å²) >= 11 is 0. The molecule has 0 amide bonds. The van der Waals surface area contributed by atoms with Gasteiger partial charge in [-0.2, -0.15) is 0 Å². The normalized spacial score (nSPS) is 10.8. The van der Waals surface area contributed by atoms with Crippen LogP contribution >= 0.6 is 0 Å². The molecule has 0 aliphatic heterocycles. The Balaban J connectivity index is 3.21. The van der Waals surface area contributed by atoms with Crippen molar-refractivity contribution in [1.82, 2.24) is 0 Å². The Morgan fingerprint density at radius 3 is 1.85 bits per heavy atom. The zero-order valence-corrected chi connectivity index (χ0v) is 8.38. The molecule has 0 aliphatic rings. The molecule has 0 bridgehead atoms. The lowest BCUT2D eigenvalue weighted by atomic mass is 9.92. The summed E-state index contributed by atoms with van der Waals surface area (Å²) in [6.45, 7) is 5.55. The first-order chi connectivity index (χ1) is 6.20. The van der Waals surface area contributed by atoms with Crippen LogP contribution in [0.15, 0.2) is 18.2 Å². The zero-order valence-electron chi connectivity index (χ0n) is 8.38. The average molecular weight is 178 g/mol. The molecule has 0 aromatic heterocycles. The van der Waals surface area contributed by atoms with E-state index < -0.39 is 0 Å². The van der Waals surface area contributed by atoms with Gasteiger partial charge >= 0.3 is 0 Å². The van der Waals surface area contributed by atoms with E-state index in [0.29, 0.717) is 19.0 Å². The molecule has 72 valence electrons. The molecule has 0 saturated carbocycles. The fraction of sp³-hybridized carbons (Fsp3) is 0.455. The maximum Gasteiger partial charge on any atom is 0.0181 e. The molecular formula is C11H18N2. The van der Waals surface area contributed by atoms with Gasteiger partial charge in [-0.05, 0) is 22.6 Å². The highest BCUT2D eigenvalue weighted by atomic mass is 14.5. The predicted octanol–water partition coefficient (Wildman–Crippen LogP) is 1.73. The molecule has 0 unspecified atom stereocenters. The van der Waals surface area contributed by atoms with Gasteiger partial charge in [0.2, 0.25) is 0 Å². The van der Waals surface area contributed by atoms with Crippen molar-refractivity contribution in [3.8, 4) is 0 Å². The Morgan fingerprint density at radius 1 is 1.08 bits per heavy atom. The summed E-state index contributed by atoms with van der Waals surface area (Å²) in [4.78, 5) is 0. The van der Waals surface area contributed by atoms with E-state index in [1.165, 1.54) is 16.7 Å². The molecule has 2 heteroatoms. The lowest BCUT2D eigenvalue weighted by molar-refractivity contribution is 0.814. The van der Waals surface area contributed by atoms with Crippen molar-refractivity contribution in [3.63, 3.8) is 0 Å². The molecule has 0 aliphatic carbocycles. The Morgan fingerprint density at radius 2 is 1.54 bits per heavy atom. The molecule has 1 aromatic carbocycles. The van der Waals surface area contributed by atoms with Crippen molar-refractivity contribution < 1.29 is 0 Å². The van der Waals surface area contributed by atoms with Crippen LogP contribution in [0.1, 0.15) is 36.5 Å². The molecule has 0 atom stereocenters. The van der Waals surface area contributed by atoms with Crippen LogP contribution in [0.4, 0.5) is 0 Å². The van der Waals surface area contributed by atoms with Crippen molar-refractivity contribution in [2.24, 2.45) is 11.5 Å². The van der Waals surface area contributed by atoms with E-state index in [1.54, 1.807) is 0 Å². The summed E-state index contributed by atoms with van der Waals surface area (Å²) in [7, 11) is 0. The van der Waals surface area contributed by atoms with Gasteiger partial charge in [-0.25, -0.2) is 0 Å². The lowest BCUT2D eigenvalue weighted by Gasteiger charge is -2.15. The van der Waals surface area contributed by atoms with E-state index in [-0.39, 0.29) is 0 Å². The van der Waals surface area contributed by atoms with Gasteiger partial charge in [0.25, 0.3) is 0 Å². The molecule has 2 nitrogen and oxygen atoms in total. The van der Waals surface area contributed by atoms with Gasteiger partial charge in [0.1, 0.15) is 0 Å². The Bertz CT molecular complexity index is 257. The molecule has 1 aromatic rings. The largest absolute Gasteiger partial charge is 0.326 e. The third-order valence-corrected chi connectivity index (χ3v) is 2.30. The van der Waals surface area contributed by atoms with Crippen molar-refractivity contribution in [1.29, 1.82) is 0 Å². The van der Waals surface area contributed by atoms with Crippen molar-refractivity contribution in [2.45, 2.75) is 32.9 Å². The summed E-state index contributed by atoms with van der Waals surface area (Å²) in [5.74, 6) is 0.498. The minimum atomic E-state index is 0.498. The number of rotatable bonds is 3. The van der Waals surface area contributed by atoms with Crippen LogP contribution in [0.3, 0.4) is 0 Å². The average Bonchev–Trinajstić information content (AvgIpc) is 2.16. The minimum absolute atomic E-state index is 0.498. The zero-order chi connectivity index (χ0) is 9.84. The first-order valence-electron chi connectivity index (χ1n) is 4.71. The summed E-state index contributed by atoms with van der Waals surface area (Å²) in [5.41, 5.74) is 15.1. The molecule has 0 radical (unpaired) electrons. The second-order valence-corrected chi connectivity index (χ2v) is 3.55. The quantitative estimate of drug-likeness (QED) is 0.740. The Hall–Kier alpha value is -0.860. The van der Waals surface area contributed by atoms with Gasteiger partial charge in [-0.1, -0.05) is 32.0 Å². The molecule has 0 saturated heterocycles. The highest BCUT2D eigenvalue weighted by Crippen LogP contribution is 2.23. The van der Waals surface area contributed by atoms with Gasteiger partial charge in [0.05, 0.1) is 0 Å². The van der Waals surface area contributed by atoms with Crippen LogP contribution in [-0.4, -0.2) is 0 Å². The summed E-state index contributed by atoms with van der Waals surface area (Å²) < 4.78 is 0. The molecule has 0 spiro atoms. The van der Waals surface area contributed by atoms with Gasteiger partial charge in [-0.3, -0.25) is 0 Å². The van der Waals surface area contributed by atoms with Crippen molar-refractivity contribution in [3.05, 3.63) is 34.9 Å². The second kappa shape index (κ2) is 4.40. The fourth-order valence-corrected chi connectivity index (χ4v) is 1.76. The van der Waals surface area contributed by atoms with Crippen LogP contribution in [0.5, 0.6) is 0 Å². The monoisotopic (exact) mass is 178 g/mol. The maximum atomic E-state index is 5.67. The third kappa shape index (κ3) is 2.08. The smallest absolute Gasteiger partial charge is 0.0181 e. The van der Waals surface area contributed by atoms with Gasteiger partial charge in [0.15, 0.2) is 0 Å². The Kier molecular flexibility index (Phi) is 3.46. The topological polar surface area (TPSA) is 52.0 Å². The van der Waals surface area contributed by atoms with Crippen LogP contribution in [0, 0.1) is 0 Å². The molecule has 4 N–H and O–H groups in total. The van der Waals surface area contributed by atoms with Crippen LogP contribution in [-0.2, 0) is 13.1 Å². The first kappa shape index (κ1) is 10.2. The standard InChI is InChI=1S/C11H18N2/c1-8(2)11-9(6-12)4-3-5-10(11)7-13/h3-5,8H,6-7,12-13H2,1-2H3. The molecular weight excluding hydrogens is 160 g/mol. The molecule has 1 rings (SSSR count). The van der Waals surface area contributed by atoms with Crippen molar-refractivity contribution in [2.75, 3.05) is 0 Å². The van der Waals surface area contributed by atoms with Gasteiger partial charge < -0.3 is 11.5 Å². The predicted molar refractivity (Wildman–Crippen MR) is 56.3 cm³/mol. The lowest BCUT2D eigenvalue weighted by Crippen LogP contribution is -2.09. The summed E-state index contributed by atoms with van der Waals surface area (Å²) in [6.07, 6.45) is 0. The van der Waals surface area contributed by atoms with Crippen LogP contribution < -0.4 is 11.5 Å². The van der Waals surface area contributed by atoms with E-state index in [0.717, 1.165) is 0 Å². The maximum absolute atomic E-state index is 5.67. The van der Waals surface area contributed by atoms with Crippen molar-refractivity contribution >= 4 is 0 Å². The van der Waals surface area contributed by atoms with Crippen LogP contribution in [0.25, 0.3) is 0 Å². The Labute approximate surface area is 79.9 Å². The number of nitrogens with two attached hydrogens (primary N) is 2. The summed E-state index contributed by atoms with van der Waals surface area (Å²) in [5, 5.41) is 0. The number of hydrogen-bond acceptors (Lipinski definition) is 2. The molecule has 0 fully saturated rings.